The minimum atomic E-state index is 0.485. The minimum Gasteiger partial charge on any atom is -0.497 e. The molecule has 1 heterocycles. The number of methoxy groups -OCH3 is 2. The van der Waals surface area contributed by atoms with E-state index in [-0.39, 0.29) is 0 Å². The molecule has 7 heteroatoms. The van der Waals surface area contributed by atoms with Crippen molar-refractivity contribution in [1.82, 2.24) is 15.0 Å². The molecule has 0 saturated heterocycles. The van der Waals surface area contributed by atoms with Crippen molar-refractivity contribution < 1.29 is 18.7 Å². The number of aromatic nitrogens is 2. The predicted octanol–water partition coefficient (Wildman–Crippen LogP) is 3.57. The average molecular weight is 383 g/mol. The molecule has 0 atom stereocenters. The highest BCUT2D eigenvalue weighted by Gasteiger charge is 2.15. The van der Waals surface area contributed by atoms with Gasteiger partial charge in [0.05, 0.1) is 26.3 Å². The van der Waals surface area contributed by atoms with E-state index in [1.165, 1.54) is 0 Å². The zero-order valence-electron chi connectivity index (χ0n) is 16.6. The smallest absolute Gasteiger partial charge is 0.241 e. The van der Waals surface area contributed by atoms with Crippen LogP contribution in [0.5, 0.6) is 17.2 Å². The fourth-order valence-electron chi connectivity index (χ4n) is 2.75. The molecule has 2 aromatic carbocycles. The van der Waals surface area contributed by atoms with Gasteiger partial charge in [-0.3, -0.25) is 4.90 Å². The van der Waals surface area contributed by atoms with Crippen LogP contribution < -0.4 is 14.2 Å². The lowest BCUT2D eigenvalue weighted by Crippen LogP contribution is -2.24. The number of hydrogen-bond acceptors (Lipinski definition) is 7. The molecular formula is C21H25N3O4. The lowest BCUT2D eigenvalue weighted by Gasteiger charge is -2.15. The summed E-state index contributed by atoms with van der Waals surface area (Å²) < 4.78 is 21.9. The van der Waals surface area contributed by atoms with Crippen molar-refractivity contribution in [3.8, 4) is 28.6 Å². The number of aryl methyl sites for hydroxylation is 1. The monoisotopic (exact) mass is 383 g/mol. The molecule has 0 spiro atoms. The summed E-state index contributed by atoms with van der Waals surface area (Å²) in [7, 11) is 5.19. The number of likely N-dealkylation sites (N-methyl/N-ethyl adjacent to an activating group) is 1. The Bertz CT molecular complexity index is 910. The van der Waals surface area contributed by atoms with Gasteiger partial charge in [0.1, 0.15) is 23.9 Å². The van der Waals surface area contributed by atoms with E-state index >= 15 is 0 Å². The topological polar surface area (TPSA) is 69.9 Å². The summed E-state index contributed by atoms with van der Waals surface area (Å²) in [4.78, 5) is 6.55. The van der Waals surface area contributed by atoms with Gasteiger partial charge in [0.25, 0.3) is 0 Å². The first-order valence-electron chi connectivity index (χ1n) is 9.02. The highest BCUT2D eigenvalue weighted by atomic mass is 16.5. The number of rotatable bonds is 9. The van der Waals surface area contributed by atoms with Crippen molar-refractivity contribution >= 4 is 0 Å². The molecule has 0 unspecified atom stereocenters. The van der Waals surface area contributed by atoms with Gasteiger partial charge in [-0.15, -0.1) is 0 Å². The molecule has 28 heavy (non-hydrogen) atoms. The number of nitrogens with zero attached hydrogens (tertiary/aromatic N) is 3. The molecule has 1 aromatic heterocycles. The summed E-state index contributed by atoms with van der Waals surface area (Å²) in [5.41, 5.74) is 1.88. The maximum Gasteiger partial charge on any atom is 0.241 e. The standard InChI is InChI=1S/C21H25N3O4/c1-15-7-5-6-8-18(15)27-12-11-24(2)14-20-22-21(23-28-20)17-10-9-16(25-3)13-19(17)26-4/h5-10,13H,11-12,14H2,1-4H3. The van der Waals surface area contributed by atoms with E-state index in [1.807, 2.05) is 50.4 Å². The van der Waals surface area contributed by atoms with Gasteiger partial charge in [-0.2, -0.15) is 4.98 Å². The van der Waals surface area contributed by atoms with Gasteiger partial charge >= 0.3 is 0 Å². The van der Waals surface area contributed by atoms with Crippen LogP contribution in [-0.2, 0) is 6.54 Å². The van der Waals surface area contributed by atoms with Crippen LogP contribution in [0.3, 0.4) is 0 Å². The highest BCUT2D eigenvalue weighted by molar-refractivity contribution is 5.65. The van der Waals surface area contributed by atoms with Gasteiger partial charge in [0, 0.05) is 12.6 Å². The summed E-state index contributed by atoms with van der Waals surface area (Å²) in [5.74, 6) is 3.26. The lowest BCUT2D eigenvalue weighted by molar-refractivity contribution is 0.212. The van der Waals surface area contributed by atoms with Crippen LogP contribution in [0.2, 0.25) is 0 Å². The van der Waals surface area contributed by atoms with Gasteiger partial charge < -0.3 is 18.7 Å². The third-order valence-corrected chi connectivity index (χ3v) is 4.35. The molecule has 0 aliphatic heterocycles. The van der Waals surface area contributed by atoms with E-state index in [9.17, 15) is 0 Å². The summed E-state index contributed by atoms with van der Waals surface area (Å²) in [6.45, 7) is 3.88. The molecule has 3 aromatic rings. The Kier molecular flexibility index (Phi) is 6.49. The Morgan fingerprint density at radius 2 is 1.86 bits per heavy atom. The van der Waals surface area contributed by atoms with E-state index in [0.717, 1.165) is 23.4 Å². The minimum absolute atomic E-state index is 0.485. The van der Waals surface area contributed by atoms with Crippen molar-refractivity contribution in [3.63, 3.8) is 0 Å². The van der Waals surface area contributed by atoms with E-state index in [2.05, 4.69) is 15.0 Å². The Labute approximate surface area is 164 Å². The zero-order valence-corrected chi connectivity index (χ0v) is 16.6. The van der Waals surface area contributed by atoms with E-state index < -0.39 is 0 Å². The molecule has 0 fully saturated rings. The van der Waals surface area contributed by atoms with Gasteiger partial charge in [0.2, 0.25) is 11.7 Å². The van der Waals surface area contributed by atoms with E-state index in [1.54, 1.807) is 20.3 Å². The van der Waals surface area contributed by atoms with Crippen LogP contribution >= 0.6 is 0 Å². The highest BCUT2D eigenvalue weighted by Crippen LogP contribution is 2.31. The fourth-order valence-corrected chi connectivity index (χ4v) is 2.75. The third-order valence-electron chi connectivity index (χ3n) is 4.35. The van der Waals surface area contributed by atoms with E-state index in [4.69, 9.17) is 18.7 Å². The van der Waals surface area contributed by atoms with Crippen molar-refractivity contribution in [2.75, 3.05) is 34.4 Å². The van der Waals surface area contributed by atoms with Crippen molar-refractivity contribution in [2.24, 2.45) is 0 Å². The first-order chi connectivity index (χ1) is 13.6. The van der Waals surface area contributed by atoms with Gasteiger partial charge in [-0.05, 0) is 37.7 Å². The Hall–Kier alpha value is -3.06. The molecule has 0 aliphatic rings. The Morgan fingerprint density at radius 3 is 2.61 bits per heavy atom. The molecule has 3 rings (SSSR count). The molecular weight excluding hydrogens is 358 g/mol. The van der Waals surface area contributed by atoms with Crippen molar-refractivity contribution in [1.29, 1.82) is 0 Å². The Morgan fingerprint density at radius 1 is 1.04 bits per heavy atom. The number of para-hydroxylation sites is 1. The van der Waals surface area contributed by atoms with E-state index in [0.29, 0.717) is 36.4 Å². The fraction of sp³-hybridized carbons (Fsp3) is 0.333. The first kappa shape index (κ1) is 19.7. The first-order valence-corrected chi connectivity index (χ1v) is 9.02. The van der Waals surface area contributed by atoms with Crippen LogP contribution in [-0.4, -0.2) is 49.5 Å². The lowest BCUT2D eigenvalue weighted by atomic mass is 10.2. The van der Waals surface area contributed by atoms with Gasteiger partial charge in [0.15, 0.2) is 0 Å². The molecule has 148 valence electrons. The van der Waals surface area contributed by atoms with Crippen LogP contribution in [0.1, 0.15) is 11.5 Å². The molecule has 0 radical (unpaired) electrons. The molecule has 0 amide bonds. The van der Waals surface area contributed by atoms with Crippen molar-refractivity contribution in [3.05, 3.63) is 53.9 Å². The normalized spacial score (nSPS) is 10.9. The SMILES string of the molecule is COc1ccc(-c2noc(CN(C)CCOc3ccccc3C)n2)c(OC)c1. The number of hydrogen-bond donors (Lipinski definition) is 0. The molecule has 0 N–H and O–H groups in total. The number of benzene rings is 2. The summed E-state index contributed by atoms with van der Waals surface area (Å²) in [5, 5.41) is 4.08. The number of ether oxygens (including phenoxy) is 3. The molecule has 0 aliphatic carbocycles. The second kappa shape index (κ2) is 9.23. The molecule has 0 bridgehead atoms. The van der Waals surface area contributed by atoms with Gasteiger partial charge in [-0.25, -0.2) is 0 Å². The Balaban J connectivity index is 1.58. The summed E-state index contributed by atoms with van der Waals surface area (Å²) >= 11 is 0. The van der Waals surface area contributed by atoms with Gasteiger partial charge in [-0.1, -0.05) is 23.4 Å². The summed E-state index contributed by atoms with van der Waals surface area (Å²) in [6.07, 6.45) is 0. The van der Waals surface area contributed by atoms with Crippen LogP contribution in [0.15, 0.2) is 47.0 Å². The third kappa shape index (κ3) is 4.80. The average Bonchev–Trinajstić information content (AvgIpc) is 3.17. The van der Waals surface area contributed by atoms with Crippen LogP contribution in [0.25, 0.3) is 11.4 Å². The molecule has 0 saturated carbocycles. The van der Waals surface area contributed by atoms with Crippen molar-refractivity contribution in [2.45, 2.75) is 13.5 Å². The zero-order chi connectivity index (χ0) is 19.9. The quantitative estimate of drug-likeness (QED) is 0.559. The largest absolute Gasteiger partial charge is 0.497 e. The second-order valence-corrected chi connectivity index (χ2v) is 6.43. The maximum absolute atomic E-state index is 5.84. The van der Waals surface area contributed by atoms with Crippen LogP contribution in [0, 0.1) is 6.92 Å². The second-order valence-electron chi connectivity index (χ2n) is 6.43. The molecule has 7 nitrogen and oxygen atoms in total. The predicted molar refractivity (Wildman–Crippen MR) is 106 cm³/mol. The maximum atomic E-state index is 5.84. The summed E-state index contributed by atoms with van der Waals surface area (Å²) in [6, 6.07) is 13.5. The van der Waals surface area contributed by atoms with Crippen LogP contribution in [0.4, 0.5) is 0 Å².